The van der Waals surface area contributed by atoms with Crippen molar-refractivity contribution in [1.82, 2.24) is 9.88 Å². The van der Waals surface area contributed by atoms with Gasteiger partial charge in [0.15, 0.2) is 0 Å². The van der Waals surface area contributed by atoms with Crippen LogP contribution in [0.1, 0.15) is 31.4 Å². The maximum atomic E-state index is 5.59. The minimum Gasteiger partial charge on any atom is -0.326 e. The number of nitrogens with two attached hydrogens (primary N) is 1. The highest BCUT2D eigenvalue weighted by atomic mass is 15.1. The normalized spacial score (nSPS) is 10.9. The van der Waals surface area contributed by atoms with E-state index < -0.39 is 0 Å². The van der Waals surface area contributed by atoms with Crippen molar-refractivity contribution < 1.29 is 0 Å². The van der Waals surface area contributed by atoms with Gasteiger partial charge in [-0.3, -0.25) is 9.88 Å². The van der Waals surface area contributed by atoms with Gasteiger partial charge in [-0.1, -0.05) is 19.9 Å². The fourth-order valence-electron chi connectivity index (χ4n) is 1.66. The van der Waals surface area contributed by atoms with Crippen LogP contribution >= 0.6 is 0 Å². The maximum Gasteiger partial charge on any atom is 0.0313 e. The van der Waals surface area contributed by atoms with Crippen molar-refractivity contribution in [2.75, 3.05) is 13.1 Å². The van der Waals surface area contributed by atoms with E-state index in [2.05, 4.69) is 29.8 Å². The standard InChI is InChI=1S/C12H21N3/c1-3-5-15(4-2)10-12-6-11(7-13)8-14-9-12/h6,8-9H,3-5,7,10,13H2,1-2H3. The number of rotatable bonds is 6. The van der Waals surface area contributed by atoms with Crippen LogP contribution in [0.5, 0.6) is 0 Å². The lowest BCUT2D eigenvalue weighted by Gasteiger charge is -2.19. The van der Waals surface area contributed by atoms with Crippen LogP contribution in [-0.2, 0) is 13.1 Å². The van der Waals surface area contributed by atoms with Crippen LogP contribution in [0, 0.1) is 0 Å². The van der Waals surface area contributed by atoms with Crippen LogP contribution < -0.4 is 5.73 Å². The fraction of sp³-hybridized carbons (Fsp3) is 0.583. The van der Waals surface area contributed by atoms with Crippen molar-refractivity contribution in [3.63, 3.8) is 0 Å². The van der Waals surface area contributed by atoms with Crippen LogP contribution in [0.4, 0.5) is 0 Å². The molecule has 3 nitrogen and oxygen atoms in total. The average molecular weight is 207 g/mol. The molecule has 0 radical (unpaired) electrons. The molecular weight excluding hydrogens is 186 g/mol. The van der Waals surface area contributed by atoms with Crippen molar-refractivity contribution in [1.29, 1.82) is 0 Å². The van der Waals surface area contributed by atoms with Crippen molar-refractivity contribution in [3.8, 4) is 0 Å². The highest BCUT2D eigenvalue weighted by Gasteiger charge is 2.03. The topological polar surface area (TPSA) is 42.2 Å². The Morgan fingerprint density at radius 1 is 1.27 bits per heavy atom. The first-order valence-corrected chi connectivity index (χ1v) is 5.65. The van der Waals surface area contributed by atoms with Gasteiger partial charge in [-0.25, -0.2) is 0 Å². The summed E-state index contributed by atoms with van der Waals surface area (Å²) in [5.41, 5.74) is 7.96. The molecule has 1 aromatic rings. The first-order chi connectivity index (χ1) is 7.30. The SMILES string of the molecule is CCCN(CC)Cc1cncc(CN)c1. The van der Waals surface area contributed by atoms with Gasteiger partial charge >= 0.3 is 0 Å². The highest BCUT2D eigenvalue weighted by molar-refractivity contribution is 5.17. The first kappa shape index (κ1) is 12.1. The van der Waals surface area contributed by atoms with Gasteiger partial charge in [0.2, 0.25) is 0 Å². The molecular formula is C12H21N3. The number of hydrogen-bond acceptors (Lipinski definition) is 3. The average Bonchev–Trinajstić information content (AvgIpc) is 2.29. The fourth-order valence-corrected chi connectivity index (χ4v) is 1.66. The number of nitrogens with zero attached hydrogens (tertiary/aromatic N) is 2. The number of aromatic nitrogens is 1. The lowest BCUT2D eigenvalue weighted by Crippen LogP contribution is -2.23. The first-order valence-electron chi connectivity index (χ1n) is 5.65. The summed E-state index contributed by atoms with van der Waals surface area (Å²) >= 11 is 0. The van der Waals surface area contributed by atoms with E-state index in [9.17, 15) is 0 Å². The molecule has 3 heteroatoms. The monoisotopic (exact) mass is 207 g/mol. The summed E-state index contributed by atoms with van der Waals surface area (Å²) in [6.45, 7) is 8.17. The molecule has 1 aromatic heterocycles. The molecule has 0 bridgehead atoms. The molecule has 15 heavy (non-hydrogen) atoms. The third-order valence-corrected chi connectivity index (χ3v) is 2.48. The van der Waals surface area contributed by atoms with E-state index in [4.69, 9.17) is 5.73 Å². The second kappa shape index (κ2) is 6.53. The van der Waals surface area contributed by atoms with E-state index in [1.54, 1.807) is 0 Å². The molecule has 0 aliphatic heterocycles. The third-order valence-electron chi connectivity index (χ3n) is 2.48. The largest absolute Gasteiger partial charge is 0.326 e. The van der Waals surface area contributed by atoms with Crippen LogP contribution in [0.3, 0.4) is 0 Å². The predicted octanol–water partition coefficient (Wildman–Crippen LogP) is 1.77. The smallest absolute Gasteiger partial charge is 0.0313 e. The molecule has 1 rings (SSSR count). The minimum atomic E-state index is 0.570. The molecule has 0 spiro atoms. The van der Waals surface area contributed by atoms with Crippen molar-refractivity contribution in [2.45, 2.75) is 33.4 Å². The van der Waals surface area contributed by atoms with Crippen LogP contribution in [0.15, 0.2) is 18.5 Å². The quantitative estimate of drug-likeness (QED) is 0.773. The van der Waals surface area contributed by atoms with Gasteiger partial charge in [0.05, 0.1) is 0 Å². The molecule has 84 valence electrons. The van der Waals surface area contributed by atoms with Gasteiger partial charge < -0.3 is 5.73 Å². The molecule has 0 aliphatic rings. The zero-order chi connectivity index (χ0) is 11.1. The van der Waals surface area contributed by atoms with Gasteiger partial charge in [0.25, 0.3) is 0 Å². The molecule has 0 saturated carbocycles. The summed E-state index contributed by atoms with van der Waals surface area (Å²) in [6.07, 6.45) is 4.95. The van der Waals surface area contributed by atoms with Crippen LogP contribution in [0.2, 0.25) is 0 Å². The lowest BCUT2D eigenvalue weighted by molar-refractivity contribution is 0.280. The second-order valence-corrected chi connectivity index (χ2v) is 3.77. The summed E-state index contributed by atoms with van der Waals surface area (Å²) in [5, 5.41) is 0. The van der Waals surface area contributed by atoms with Crippen molar-refractivity contribution in [2.24, 2.45) is 5.73 Å². The predicted molar refractivity (Wildman–Crippen MR) is 63.4 cm³/mol. The molecule has 0 amide bonds. The third kappa shape index (κ3) is 3.98. The lowest BCUT2D eigenvalue weighted by atomic mass is 10.2. The Labute approximate surface area is 92.3 Å². The Morgan fingerprint density at radius 3 is 2.60 bits per heavy atom. The summed E-state index contributed by atoms with van der Waals surface area (Å²) in [5.74, 6) is 0. The molecule has 0 fully saturated rings. The van der Waals surface area contributed by atoms with E-state index >= 15 is 0 Å². The summed E-state index contributed by atoms with van der Waals surface area (Å²) in [6, 6.07) is 2.14. The second-order valence-electron chi connectivity index (χ2n) is 3.77. The van der Waals surface area contributed by atoms with Gasteiger partial charge in [0.1, 0.15) is 0 Å². The van der Waals surface area contributed by atoms with Gasteiger partial charge in [-0.2, -0.15) is 0 Å². The summed E-state index contributed by atoms with van der Waals surface area (Å²) in [7, 11) is 0. The number of hydrogen-bond donors (Lipinski definition) is 1. The van der Waals surface area contributed by atoms with E-state index in [-0.39, 0.29) is 0 Å². The molecule has 0 unspecified atom stereocenters. The van der Waals surface area contributed by atoms with Crippen LogP contribution in [-0.4, -0.2) is 23.0 Å². The Balaban J connectivity index is 2.61. The molecule has 2 N–H and O–H groups in total. The van der Waals surface area contributed by atoms with Crippen molar-refractivity contribution >= 4 is 0 Å². The van der Waals surface area contributed by atoms with Crippen molar-refractivity contribution in [3.05, 3.63) is 29.6 Å². The summed E-state index contributed by atoms with van der Waals surface area (Å²) in [4.78, 5) is 6.61. The number of pyridine rings is 1. The Morgan fingerprint density at radius 2 is 2.00 bits per heavy atom. The highest BCUT2D eigenvalue weighted by Crippen LogP contribution is 2.06. The molecule has 0 aliphatic carbocycles. The Bertz CT molecular complexity index is 286. The maximum absolute atomic E-state index is 5.59. The van der Waals surface area contributed by atoms with Gasteiger partial charge in [-0.15, -0.1) is 0 Å². The summed E-state index contributed by atoms with van der Waals surface area (Å²) < 4.78 is 0. The van der Waals surface area contributed by atoms with E-state index in [1.165, 1.54) is 12.0 Å². The van der Waals surface area contributed by atoms with Gasteiger partial charge in [-0.05, 0) is 30.6 Å². The van der Waals surface area contributed by atoms with Gasteiger partial charge in [0, 0.05) is 25.5 Å². The minimum absolute atomic E-state index is 0.570. The zero-order valence-electron chi connectivity index (χ0n) is 9.74. The molecule has 0 saturated heterocycles. The Kier molecular flexibility index (Phi) is 5.29. The molecule has 0 atom stereocenters. The van der Waals surface area contributed by atoms with E-state index in [1.807, 2.05) is 12.4 Å². The Hall–Kier alpha value is -0.930. The molecule has 1 heterocycles. The van der Waals surface area contributed by atoms with E-state index in [0.717, 1.165) is 25.2 Å². The van der Waals surface area contributed by atoms with Crippen LogP contribution in [0.25, 0.3) is 0 Å². The zero-order valence-corrected chi connectivity index (χ0v) is 9.74. The molecule has 0 aromatic carbocycles. The van der Waals surface area contributed by atoms with E-state index in [0.29, 0.717) is 6.54 Å².